The van der Waals surface area contributed by atoms with Crippen molar-refractivity contribution in [1.82, 2.24) is 10.2 Å². The fourth-order valence-corrected chi connectivity index (χ4v) is 6.35. The van der Waals surface area contributed by atoms with E-state index in [4.69, 9.17) is 14.6 Å². The Morgan fingerprint density at radius 2 is 1.86 bits per heavy atom. The smallest absolute Gasteiger partial charge is 0.454 e. The van der Waals surface area contributed by atoms with Crippen molar-refractivity contribution in [3.8, 4) is 5.75 Å². The molecule has 4 rings (SSSR count). The first-order valence-electron chi connectivity index (χ1n) is 13.7. The number of aliphatic hydroxyl groups is 3. The lowest BCUT2D eigenvalue weighted by Crippen LogP contribution is -2.37. The molecule has 0 bridgehead atoms. The highest BCUT2D eigenvalue weighted by Gasteiger charge is 2.58. The van der Waals surface area contributed by atoms with Crippen LogP contribution in [0, 0.1) is 5.92 Å². The molecule has 2 fully saturated rings. The van der Waals surface area contributed by atoms with Crippen LogP contribution in [0.3, 0.4) is 0 Å². The number of hydrogen-bond acceptors (Lipinski definition) is 11. The van der Waals surface area contributed by atoms with Crippen molar-refractivity contribution >= 4 is 27.9 Å². The van der Waals surface area contributed by atoms with E-state index >= 15 is 0 Å². The van der Waals surface area contributed by atoms with Crippen LogP contribution < -0.4 is 14.8 Å². The Bertz CT molecular complexity index is 1380. The average molecular weight is 624 g/mol. The van der Waals surface area contributed by atoms with Gasteiger partial charge in [0.25, 0.3) is 0 Å². The first-order chi connectivity index (χ1) is 20.4. The van der Waals surface area contributed by atoms with Crippen LogP contribution in [0.2, 0.25) is 0 Å². The summed E-state index contributed by atoms with van der Waals surface area (Å²) < 4.78 is 39.3. The van der Waals surface area contributed by atoms with Crippen molar-refractivity contribution in [2.45, 2.75) is 63.3 Å². The summed E-state index contributed by atoms with van der Waals surface area (Å²) in [5, 5.41) is 32.2. The standard InChI is InChI=1S/C28H37N3O11S/c1-16(2)11-18-12-19(39-3)9-10-20(18)30-43(37,38)15-22(34)26-25(17-7-5-4-6-8-17)31(26)28(36)42-41-27(35)29-24-13-21(33)23(14-32)40-24/h4-10,12,16,21-26,30,32-34H,11,13-15H2,1-3H3,(H,29,35)/t21?,22-,23?,24?,25?,26+,31?/m0/s1. The SMILES string of the molecule is COc1ccc(NS(=O)(=O)C[C@H](O)[C@@H]2C(c3ccccc3)N2C(=O)OOC(=O)NC2CC(O)C(CO)O2)c(CC(C)C)c1. The number of hydrogen-bond donors (Lipinski definition) is 5. The topological polar surface area (TPSA) is 193 Å². The number of methoxy groups -OCH3 is 1. The van der Waals surface area contributed by atoms with Gasteiger partial charge in [-0.2, -0.15) is 0 Å². The lowest BCUT2D eigenvalue weighted by molar-refractivity contribution is -0.187. The molecule has 5 N–H and O–H groups in total. The van der Waals surface area contributed by atoms with Crippen LogP contribution in [-0.2, 0) is 31.0 Å². The molecule has 2 aliphatic heterocycles. The van der Waals surface area contributed by atoms with Crippen LogP contribution in [0.1, 0.15) is 37.4 Å². The van der Waals surface area contributed by atoms with Gasteiger partial charge in [-0.1, -0.05) is 44.2 Å². The predicted octanol–water partition coefficient (Wildman–Crippen LogP) is 1.67. The monoisotopic (exact) mass is 623 g/mol. The highest BCUT2D eigenvalue weighted by atomic mass is 32.2. The van der Waals surface area contributed by atoms with E-state index in [0.29, 0.717) is 23.4 Å². The summed E-state index contributed by atoms with van der Waals surface area (Å²) in [6.07, 6.45) is -6.13. The van der Waals surface area contributed by atoms with E-state index in [1.165, 1.54) is 7.11 Å². The second-order valence-electron chi connectivity index (χ2n) is 10.8. The second kappa shape index (κ2) is 13.8. The highest BCUT2D eigenvalue weighted by Crippen LogP contribution is 2.46. The van der Waals surface area contributed by atoms with Crippen LogP contribution in [0.25, 0.3) is 0 Å². The summed E-state index contributed by atoms with van der Waals surface area (Å²) in [5.41, 5.74) is 1.69. The summed E-state index contributed by atoms with van der Waals surface area (Å²) >= 11 is 0. The normalized spacial score (nSPS) is 23.9. The molecule has 0 aromatic heterocycles. The molecule has 2 aromatic carbocycles. The van der Waals surface area contributed by atoms with Gasteiger partial charge in [0.15, 0.2) is 0 Å². The molecule has 2 aliphatic rings. The molecule has 6 atom stereocenters. The Hall–Kier alpha value is -3.63. The van der Waals surface area contributed by atoms with Crippen molar-refractivity contribution in [1.29, 1.82) is 0 Å². The molecular formula is C28H37N3O11S. The quantitative estimate of drug-likeness (QED) is 0.139. The Labute approximate surface area is 249 Å². The number of amides is 2. The number of benzene rings is 2. The molecule has 2 heterocycles. The van der Waals surface area contributed by atoms with Gasteiger partial charge in [-0.15, -0.1) is 0 Å². The zero-order chi connectivity index (χ0) is 31.3. The molecule has 0 spiro atoms. The van der Waals surface area contributed by atoms with Gasteiger partial charge in [-0.05, 0) is 41.7 Å². The van der Waals surface area contributed by atoms with Gasteiger partial charge in [-0.25, -0.2) is 27.8 Å². The van der Waals surface area contributed by atoms with Crippen LogP contribution in [0.15, 0.2) is 48.5 Å². The Morgan fingerprint density at radius 1 is 1.14 bits per heavy atom. The fourth-order valence-electron chi connectivity index (χ4n) is 5.08. The van der Waals surface area contributed by atoms with Gasteiger partial charge in [0.1, 0.15) is 18.1 Å². The molecule has 236 valence electrons. The average Bonchev–Trinajstić information content (AvgIpc) is 3.62. The van der Waals surface area contributed by atoms with E-state index in [9.17, 15) is 28.2 Å². The largest absolute Gasteiger partial charge is 0.497 e. The summed E-state index contributed by atoms with van der Waals surface area (Å²) in [5.74, 6) is 0.0832. The van der Waals surface area contributed by atoms with Crippen molar-refractivity contribution in [2.75, 3.05) is 24.2 Å². The van der Waals surface area contributed by atoms with E-state index in [1.54, 1.807) is 48.5 Å². The Morgan fingerprint density at radius 3 is 2.49 bits per heavy atom. The first kappa shape index (κ1) is 32.3. The maximum Gasteiger partial charge on any atom is 0.454 e. The molecule has 2 aromatic rings. The summed E-state index contributed by atoms with van der Waals surface area (Å²) in [6, 6.07) is 11.8. The van der Waals surface area contributed by atoms with Gasteiger partial charge in [0, 0.05) is 6.42 Å². The van der Waals surface area contributed by atoms with Gasteiger partial charge in [0.2, 0.25) is 10.0 Å². The predicted molar refractivity (Wildman–Crippen MR) is 152 cm³/mol. The van der Waals surface area contributed by atoms with Crippen LogP contribution >= 0.6 is 0 Å². The van der Waals surface area contributed by atoms with Crippen LogP contribution in [0.4, 0.5) is 15.3 Å². The molecule has 2 amide bonds. The second-order valence-corrected chi connectivity index (χ2v) is 12.6. The molecule has 0 aliphatic carbocycles. The molecule has 15 heteroatoms. The van der Waals surface area contributed by atoms with Gasteiger partial charge < -0.3 is 24.8 Å². The maximum absolute atomic E-state index is 13.1. The number of carbonyl (C=O) groups is 2. The summed E-state index contributed by atoms with van der Waals surface area (Å²) in [6.45, 7) is 3.55. The number of sulfonamides is 1. The zero-order valence-corrected chi connectivity index (χ0v) is 24.8. The van der Waals surface area contributed by atoms with Crippen molar-refractivity contribution in [3.05, 3.63) is 59.7 Å². The van der Waals surface area contributed by atoms with Crippen molar-refractivity contribution < 1.29 is 52.6 Å². The number of ether oxygens (including phenoxy) is 2. The molecule has 0 radical (unpaired) electrons. The lowest BCUT2D eigenvalue weighted by atomic mass is 10.0. The molecule has 2 saturated heterocycles. The number of nitrogens with one attached hydrogen (secondary N) is 2. The molecule has 14 nitrogen and oxygen atoms in total. The van der Waals surface area contributed by atoms with Gasteiger partial charge in [-0.3, -0.25) is 14.9 Å². The minimum atomic E-state index is -4.09. The number of aliphatic hydroxyl groups excluding tert-OH is 3. The number of nitrogens with zero attached hydrogens (tertiary/aromatic N) is 1. The minimum absolute atomic E-state index is 0.0112. The highest BCUT2D eigenvalue weighted by molar-refractivity contribution is 7.92. The van der Waals surface area contributed by atoms with E-state index in [-0.39, 0.29) is 12.3 Å². The number of rotatable bonds is 11. The Balaban J connectivity index is 1.41. The number of anilines is 1. The Kier molecular flexibility index (Phi) is 10.3. The zero-order valence-electron chi connectivity index (χ0n) is 24.0. The van der Waals surface area contributed by atoms with Crippen molar-refractivity contribution in [3.63, 3.8) is 0 Å². The molecular weight excluding hydrogens is 586 g/mol. The minimum Gasteiger partial charge on any atom is -0.497 e. The van der Waals surface area contributed by atoms with Gasteiger partial charge >= 0.3 is 12.2 Å². The summed E-state index contributed by atoms with van der Waals surface area (Å²) in [4.78, 5) is 35.3. The van der Waals surface area contributed by atoms with Gasteiger partial charge in [0.05, 0.1) is 49.4 Å². The summed E-state index contributed by atoms with van der Waals surface area (Å²) in [7, 11) is -2.57. The first-order valence-corrected chi connectivity index (χ1v) is 15.4. The van der Waals surface area contributed by atoms with Crippen LogP contribution in [0.5, 0.6) is 5.75 Å². The molecule has 43 heavy (non-hydrogen) atoms. The molecule has 0 saturated carbocycles. The van der Waals surface area contributed by atoms with Crippen LogP contribution in [-0.4, -0.2) is 90.9 Å². The van der Waals surface area contributed by atoms with E-state index in [0.717, 1.165) is 10.5 Å². The van der Waals surface area contributed by atoms with Crippen molar-refractivity contribution in [2.24, 2.45) is 5.92 Å². The molecule has 4 unspecified atom stereocenters. The number of carbonyl (C=O) groups excluding carboxylic acids is 2. The van der Waals surface area contributed by atoms with E-state index in [2.05, 4.69) is 19.8 Å². The third-order valence-corrected chi connectivity index (χ3v) is 8.38. The maximum atomic E-state index is 13.1. The third-order valence-electron chi connectivity index (χ3n) is 7.07. The fraction of sp³-hybridized carbons (Fsp3) is 0.500. The van der Waals surface area contributed by atoms with E-state index in [1.807, 2.05) is 13.8 Å². The third kappa shape index (κ3) is 8.26. The lowest BCUT2D eigenvalue weighted by Gasteiger charge is -2.17. The van der Waals surface area contributed by atoms with E-state index < -0.39 is 71.2 Å².